The van der Waals surface area contributed by atoms with Gasteiger partial charge in [-0.25, -0.2) is 0 Å². The minimum absolute atomic E-state index is 0.725. The number of hydrogen-bond acceptors (Lipinski definition) is 2. The lowest BCUT2D eigenvalue weighted by Gasteiger charge is -2.03. The highest BCUT2D eigenvalue weighted by atomic mass is 127. The summed E-state index contributed by atoms with van der Waals surface area (Å²) in [5.41, 5.74) is 0. The Hall–Kier alpha value is 0.440. The van der Waals surface area contributed by atoms with E-state index in [4.69, 9.17) is 4.74 Å². The summed E-state index contributed by atoms with van der Waals surface area (Å²) >= 11 is 6.55. The molecule has 14 heavy (non-hydrogen) atoms. The second-order valence-corrected chi connectivity index (χ2v) is 6.92. The summed E-state index contributed by atoms with van der Waals surface area (Å²) in [7, 11) is 0. The first-order valence-electron chi connectivity index (χ1n) is 4.22. The van der Waals surface area contributed by atoms with Crippen LogP contribution in [0.2, 0.25) is 0 Å². The van der Waals surface area contributed by atoms with Crippen molar-refractivity contribution >= 4 is 66.6 Å². The maximum Gasteiger partial charge on any atom is 0.121 e. The predicted molar refractivity (Wildman–Crippen MR) is 78.4 cm³/mol. The SMILES string of the molecule is CCOc1cc(I)c2sc(I)cc2c1. The molecule has 1 aromatic heterocycles. The van der Waals surface area contributed by atoms with Gasteiger partial charge in [0.15, 0.2) is 0 Å². The Balaban J connectivity index is 2.59. The molecule has 2 aromatic rings. The quantitative estimate of drug-likeness (QED) is 0.638. The van der Waals surface area contributed by atoms with Crippen LogP contribution in [0.5, 0.6) is 5.75 Å². The number of benzene rings is 1. The first-order chi connectivity index (χ1) is 6.70. The molecule has 0 unspecified atom stereocenters. The molecule has 0 aliphatic carbocycles. The number of fused-ring (bicyclic) bond motifs is 1. The van der Waals surface area contributed by atoms with Crippen LogP contribution in [-0.2, 0) is 0 Å². The number of ether oxygens (including phenoxy) is 1. The molecular formula is C10H8I2OS. The van der Waals surface area contributed by atoms with Crippen molar-refractivity contribution in [1.29, 1.82) is 0 Å². The van der Waals surface area contributed by atoms with Gasteiger partial charge in [-0.2, -0.15) is 0 Å². The predicted octanol–water partition coefficient (Wildman–Crippen LogP) is 4.51. The summed E-state index contributed by atoms with van der Waals surface area (Å²) in [5, 5.41) is 1.29. The summed E-state index contributed by atoms with van der Waals surface area (Å²) in [6, 6.07) is 6.41. The average Bonchev–Trinajstić information content (AvgIpc) is 2.47. The molecule has 4 heteroatoms. The normalized spacial score (nSPS) is 10.8. The fraction of sp³-hybridized carbons (Fsp3) is 0.200. The lowest BCUT2D eigenvalue weighted by Crippen LogP contribution is -1.91. The van der Waals surface area contributed by atoms with Crippen molar-refractivity contribution in [2.75, 3.05) is 6.61 Å². The van der Waals surface area contributed by atoms with Crippen LogP contribution in [0.25, 0.3) is 10.1 Å². The summed E-state index contributed by atoms with van der Waals surface area (Å²) in [6.07, 6.45) is 0. The third-order valence-corrected chi connectivity index (χ3v) is 4.99. The first kappa shape index (κ1) is 10.9. The molecule has 0 aliphatic heterocycles. The molecular weight excluding hydrogens is 422 g/mol. The zero-order chi connectivity index (χ0) is 10.1. The monoisotopic (exact) mass is 430 g/mol. The molecule has 0 saturated carbocycles. The topological polar surface area (TPSA) is 9.23 Å². The Morgan fingerprint density at radius 3 is 2.79 bits per heavy atom. The molecule has 74 valence electrons. The highest BCUT2D eigenvalue weighted by molar-refractivity contribution is 14.1. The van der Waals surface area contributed by atoms with E-state index in [1.165, 1.54) is 16.5 Å². The molecule has 0 spiro atoms. The Kier molecular flexibility index (Phi) is 3.54. The van der Waals surface area contributed by atoms with Crippen LogP contribution in [0.3, 0.4) is 0 Å². The molecule has 0 saturated heterocycles. The molecule has 0 atom stereocenters. The number of rotatable bonds is 2. The van der Waals surface area contributed by atoms with E-state index in [9.17, 15) is 0 Å². The molecule has 1 nitrogen and oxygen atoms in total. The molecule has 0 amide bonds. The molecule has 0 aliphatic rings. The van der Waals surface area contributed by atoms with E-state index >= 15 is 0 Å². The van der Waals surface area contributed by atoms with E-state index in [1.807, 2.05) is 18.3 Å². The van der Waals surface area contributed by atoms with Crippen LogP contribution < -0.4 is 4.74 Å². The van der Waals surface area contributed by atoms with Gasteiger partial charge in [-0.3, -0.25) is 0 Å². The van der Waals surface area contributed by atoms with Crippen LogP contribution in [-0.4, -0.2) is 6.61 Å². The minimum atomic E-state index is 0.725. The lowest BCUT2D eigenvalue weighted by atomic mass is 10.2. The lowest BCUT2D eigenvalue weighted by molar-refractivity contribution is 0.340. The standard InChI is InChI=1S/C10H8I2OS/c1-2-13-7-3-6-4-9(12)14-10(6)8(11)5-7/h3-5H,2H2,1H3. The molecule has 2 rings (SSSR count). The van der Waals surface area contributed by atoms with Crippen LogP contribution in [0.4, 0.5) is 0 Å². The van der Waals surface area contributed by atoms with Crippen molar-refractivity contribution in [2.45, 2.75) is 6.92 Å². The minimum Gasteiger partial charge on any atom is -0.494 e. The smallest absolute Gasteiger partial charge is 0.121 e. The fourth-order valence-corrected chi connectivity index (χ4v) is 4.02. The van der Waals surface area contributed by atoms with Crippen molar-refractivity contribution in [1.82, 2.24) is 0 Å². The zero-order valence-corrected chi connectivity index (χ0v) is 12.6. The van der Waals surface area contributed by atoms with Crippen molar-refractivity contribution in [3.63, 3.8) is 0 Å². The van der Waals surface area contributed by atoms with Crippen molar-refractivity contribution in [3.8, 4) is 5.75 Å². The van der Waals surface area contributed by atoms with Crippen molar-refractivity contribution < 1.29 is 4.74 Å². The van der Waals surface area contributed by atoms with Gasteiger partial charge in [0, 0.05) is 8.27 Å². The van der Waals surface area contributed by atoms with E-state index in [2.05, 4.69) is 63.4 Å². The van der Waals surface area contributed by atoms with Crippen LogP contribution >= 0.6 is 56.5 Å². The second-order valence-electron chi connectivity index (χ2n) is 2.81. The Morgan fingerprint density at radius 1 is 1.29 bits per heavy atom. The number of halogens is 2. The van der Waals surface area contributed by atoms with Gasteiger partial charge >= 0.3 is 0 Å². The van der Waals surface area contributed by atoms with Crippen molar-refractivity contribution in [2.24, 2.45) is 0 Å². The maximum atomic E-state index is 5.50. The summed E-state index contributed by atoms with van der Waals surface area (Å²) in [4.78, 5) is 0. The third kappa shape index (κ3) is 2.16. The molecule has 0 radical (unpaired) electrons. The van der Waals surface area contributed by atoms with Crippen LogP contribution in [0.1, 0.15) is 6.92 Å². The van der Waals surface area contributed by atoms with Gasteiger partial charge in [-0.1, -0.05) is 0 Å². The van der Waals surface area contributed by atoms with Crippen molar-refractivity contribution in [3.05, 3.63) is 24.7 Å². The largest absolute Gasteiger partial charge is 0.494 e. The summed E-state index contributed by atoms with van der Waals surface area (Å²) in [6.45, 7) is 2.73. The Labute approximate surface area is 114 Å². The van der Waals surface area contributed by atoms with Gasteiger partial charge in [0.05, 0.1) is 9.49 Å². The zero-order valence-electron chi connectivity index (χ0n) is 7.51. The van der Waals surface area contributed by atoms with Gasteiger partial charge in [0.25, 0.3) is 0 Å². The molecule has 0 fully saturated rings. The van der Waals surface area contributed by atoms with E-state index in [1.54, 1.807) is 0 Å². The van der Waals surface area contributed by atoms with Crippen LogP contribution in [0, 0.1) is 6.45 Å². The van der Waals surface area contributed by atoms with E-state index in [0.29, 0.717) is 0 Å². The molecule has 0 bridgehead atoms. The Morgan fingerprint density at radius 2 is 2.07 bits per heavy atom. The van der Waals surface area contributed by atoms with Crippen LogP contribution in [0.15, 0.2) is 18.2 Å². The molecule has 0 N–H and O–H groups in total. The highest BCUT2D eigenvalue weighted by Crippen LogP contribution is 2.33. The van der Waals surface area contributed by atoms with E-state index in [-0.39, 0.29) is 0 Å². The van der Waals surface area contributed by atoms with Gasteiger partial charge in [-0.05, 0) is 75.7 Å². The summed E-state index contributed by atoms with van der Waals surface area (Å²) < 4.78 is 9.46. The molecule has 1 aromatic carbocycles. The highest BCUT2D eigenvalue weighted by Gasteiger charge is 2.06. The Bertz CT molecular complexity index is 464. The third-order valence-electron chi connectivity index (χ3n) is 1.83. The maximum absolute atomic E-state index is 5.50. The summed E-state index contributed by atoms with van der Waals surface area (Å²) in [5.74, 6) is 0.971. The average molecular weight is 430 g/mol. The first-order valence-corrected chi connectivity index (χ1v) is 7.19. The van der Waals surface area contributed by atoms with Gasteiger partial charge in [0.2, 0.25) is 0 Å². The number of hydrogen-bond donors (Lipinski definition) is 0. The molecule has 1 heterocycles. The number of thiophene rings is 1. The van der Waals surface area contributed by atoms with E-state index in [0.717, 1.165) is 12.4 Å². The van der Waals surface area contributed by atoms with E-state index < -0.39 is 0 Å². The van der Waals surface area contributed by atoms with Gasteiger partial charge in [-0.15, -0.1) is 11.3 Å². The van der Waals surface area contributed by atoms with Gasteiger partial charge in [0.1, 0.15) is 5.75 Å². The second kappa shape index (κ2) is 4.52. The fourth-order valence-electron chi connectivity index (χ4n) is 1.30. The van der Waals surface area contributed by atoms with Gasteiger partial charge < -0.3 is 4.74 Å².